The fourth-order valence-corrected chi connectivity index (χ4v) is 3.26. The fourth-order valence-electron chi connectivity index (χ4n) is 2.34. The van der Waals surface area contributed by atoms with Gasteiger partial charge in [0.1, 0.15) is 0 Å². The minimum atomic E-state index is -0.363. The quantitative estimate of drug-likeness (QED) is 0.769. The van der Waals surface area contributed by atoms with Gasteiger partial charge < -0.3 is 10.1 Å². The number of hydrogen-bond acceptors (Lipinski definition) is 4. The molecular formula is C20H23NO3S. The van der Waals surface area contributed by atoms with Crippen LogP contribution in [-0.2, 0) is 21.8 Å². The highest BCUT2D eigenvalue weighted by atomic mass is 32.2. The van der Waals surface area contributed by atoms with Gasteiger partial charge in [-0.3, -0.25) is 4.79 Å². The Balaban J connectivity index is 1.75. The summed E-state index contributed by atoms with van der Waals surface area (Å²) in [5, 5.41) is 2.90. The molecule has 0 fully saturated rings. The zero-order chi connectivity index (χ0) is 18.2. The van der Waals surface area contributed by atoms with Crippen molar-refractivity contribution in [3.8, 4) is 0 Å². The lowest BCUT2D eigenvalue weighted by molar-refractivity contribution is -0.118. The van der Waals surface area contributed by atoms with Crippen molar-refractivity contribution in [1.82, 2.24) is 5.32 Å². The van der Waals surface area contributed by atoms with Crippen LogP contribution in [0.2, 0.25) is 0 Å². The summed E-state index contributed by atoms with van der Waals surface area (Å²) in [5.41, 5.74) is 5.21. The number of ether oxygens (including phenoxy) is 1. The smallest absolute Gasteiger partial charge is 0.337 e. The van der Waals surface area contributed by atoms with Crippen molar-refractivity contribution in [2.45, 2.75) is 26.1 Å². The average molecular weight is 357 g/mol. The first-order valence-electron chi connectivity index (χ1n) is 8.07. The Hall–Kier alpha value is -2.27. The number of esters is 1. The minimum absolute atomic E-state index is 0.00681. The number of benzene rings is 2. The second-order valence-electron chi connectivity index (χ2n) is 5.89. The monoisotopic (exact) mass is 357 g/mol. The Labute approximate surface area is 153 Å². The van der Waals surface area contributed by atoms with Crippen molar-refractivity contribution in [2.75, 3.05) is 12.9 Å². The Morgan fingerprint density at radius 1 is 1.08 bits per heavy atom. The number of methoxy groups -OCH3 is 1. The van der Waals surface area contributed by atoms with E-state index in [0.717, 1.165) is 11.3 Å². The van der Waals surface area contributed by atoms with E-state index in [1.807, 2.05) is 12.1 Å². The molecule has 0 aliphatic heterocycles. The first-order valence-corrected chi connectivity index (χ1v) is 9.23. The summed E-state index contributed by atoms with van der Waals surface area (Å²) in [6.07, 6.45) is 0. The maximum absolute atomic E-state index is 12.0. The summed E-state index contributed by atoms with van der Waals surface area (Å²) in [6, 6.07) is 13.4. The third kappa shape index (κ3) is 5.94. The second-order valence-corrected chi connectivity index (χ2v) is 6.87. The van der Waals surface area contributed by atoms with Gasteiger partial charge in [0.05, 0.1) is 18.4 Å². The number of amides is 1. The molecule has 0 unspecified atom stereocenters. The molecule has 25 heavy (non-hydrogen) atoms. The highest BCUT2D eigenvalue weighted by Gasteiger charge is 2.06. The zero-order valence-corrected chi connectivity index (χ0v) is 15.6. The van der Waals surface area contributed by atoms with Crippen molar-refractivity contribution in [1.29, 1.82) is 0 Å². The Morgan fingerprint density at radius 3 is 2.48 bits per heavy atom. The highest BCUT2D eigenvalue weighted by molar-refractivity contribution is 7.99. The predicted molar refractivity (Wildman–Crippen MR) is 102 cm³/mol. The molecule has 2 rings (SSSR count). The lowest BCUT2D eigenvalue weighted by Crippen LogP contribution is -2.24. The van der Waals surface area contributed by atoms with E-state index in [2.05, 4.69) is 42.1 Å². The number of aryl methyl sites for hydroxylation is 2. The summed E-state index contributed by atoms with van der Waals surface area (Å²) >= 11 is 1.61. The third-order valence-corrected chi connectivity index (χ3v) is 4.84. The minimum Gasteiger partial charge on any atom is -0.465 e. The van der Waals surface area contributed by atoms with Crippen molar-refractivity contribution >= 4 is 23.6 Å². The van der Waals surface area contributed by atoms with Crippen LogP contribution in [0.5, 0.6) is 0 Å². The van der Waals surface area contributed by atoms with E-state index < -0.39 is 0 Å². The molecule has 0 atom stereocenters. The Bertz CT molecular complexity index is 741. The third-order valence-electron chi connectivity index (χ3n) is 3.86. The van der Waals surface area contributed by atoms with Crippen LogP contribution in [-0.4, -0.2) is 24.7 Å². The SMILES string of the molecule is COC(=O)c1ccc(CNC(=O)CSCc2cc(C)ccc2C)cc1. The van der Waals surface area contributed by atoms with Gasteiger partial charge in [0.2, 0.25) is 5.91 Å². The first-order chi connectivity index (χ1) is 12.0. The van der Waals surface area contributed by atoms with Gasteiger partial charge in [-0.2, -0.15) is 0 Å². The van der Waals surface area contributed by atoms with Crippen LogP contribution < -0.4 is 5.32 Å². The van der Waals surface area contributed by atoms with Crippen molar-refractivity contribution in [3.05, 3.63) is 70.3 Å². The summed E-state index contributed by atoms with van der Waals surface area (Å²) in [4.78, 5) is 23.4. The molecule has 5 heteroatoms. The van der Waals surface area contributed by atoms with Crippen LogP contribution in [0.3, 0.4) is 0 Å². The number of hydrogen-bond donors (Lipinski definition) is 1. The molecule has 0 saturated carbocycles. The number of carbonyl (C=O) groups excluding carboxylic acids is 2. The summed E-state index contributed by atoms with van der Waals surface area (Å²) in [6.45, 7) is 4.61. The van der Waals surface area contributed by atoms with Gasteiger partial charge in [-0.1, -0.05) is 35.9 Å². The molecule has 0 heterocycles. The van der Waals surface area contributed by atoms with Crippen LogP contribution in [0.15, 0.2) is 42.5 Å². The topological polar surface area (TPSA) is 55.4 Å². The number of carbonyl (C=O) groups is 2. The summed E-state index contributed by atoms with van der Waals surface area (Å²) < 4.78 is 4.66. The molecule has 0 aliphatic rings. The molecular weight excluding hydrogens is 334 g/mol. The van der Waals surface area contributed by atoms with E-state index >= 15 is 0 Å². The molecule has 0 spiro atoms. The van der Waals surface area contributed by atoms with Gasteiger partial charge >= 0.3 is 5.97 Å². The first kappa shape index (κ1) is 19.1. The zero-order valence-electron chi connectivity index (χ0n) is 14.8. The van der Waals surface area contributed by atoms with Crippen molar-refractivity contribution in [2.24, 2.45) is 0 Å². The van der Waals surface area contributed by atoms with E-state index in [1.54, 1.807) is 23.9 Å². The van der Waals surface area contributed by atoms with Gasteiger partial charge in [0, 0.05) is 12.3 Å². The van der Waals surface area contributed by atoms with Crippen LogP contribution in [0.1, 0.15) is 32.6 Å². The number of nitrogens with one attached hydrogen (secondary N) is 1. The van der Waals surface area contributed by atoms with Crippen LogP contribution in [0.4, 0.5) is 0 Å². The van der Waals surface area contributed by atoms with E-state index in [-0.39, 0.29) is 11.9 Å². The Morgan fingerprint density at radius 2 is 1.80 bits per heavy atom. The maximum atomic E-state index is 12.0. The van der Waals surface area contributed by atoms with Gasteiger partial charge in [0.25, 0.3) is 0 Å². The average Bonchev–Trinajstić information content (AvgIpc) is 2.62. The van der Waals surface area contributed by atoms with Gasteiger partial charge in [0.15, 0.2) is 0 Å². The molecule has 0 aliphatic carbocycles. The van der Waals surface area contributed by atoms with E-state index in [0.29, 0.717) is 17.9 Å². The van der Waals surface area contributed by atoms with E-state index in [9.17, 15) is 9.59 Å². The molecule has 0 aromatic heterocycles. The lowest BCUT2D eigenvalue weighted by Gasteiger charge is -2.08. The molecule has 2 aromatic carbocycles. The standard InChI is InChI=1S/C20H23NO3S/c1-14-4-5-15(2)18(10-14)12-25-13-19(22)21-11-16-6-8-17(9-7-16)20(23)24-3/h4-10H,11-13H2,1-3H3,(H,21,22). The van der Waals surface area contributed by atoms with E-state index in [4.69, 9.17) is 0 Å². The van der Waals surface area contributed by atoms with Gasteiger partial charge in [-0.05, 0) is 42.7 Å². The molecule has 0 radical (unpaired) electrons. The highest BCUT2D eigenvalue weighted by Crippen LogP contribution is 2.17. The van der Waals surface area contributed by atoms with Gasteiger partial charge in [-0.25, -0.2) is 4.79 Å². The summed E-state index contributed by atoms with van der Waals surface area (Å²) in [5.74, 6) is 0.897. The van der Waals surface area contributed by atoms with Gasteiger partial charge in [-0.15, -0.1) is 11.8 Å². The van der Waals surface area contributed by atoms with Crippen LogP contribution in [0, 0.1) is 13.8 Å². The molecule has 0 saturated heterocycles. The van der Waals surface area contributed by atoms with Crippen LogP contribution >= 0.6 is 11.8 Å². The number of rotatable bonds is 7. The maximum Gasteiger partial charge on any atom is 0.337 e. The number of thioether (sulfide) groups is 1. The molecule has 1 N–H and O–H groups in total. The molecule has 132 valence electrons. The lowest BCUT2D eigenvalue weighted by atomic mass is 10.1. The molecule has 2 aromatic rings. The molecule has 1 amide bonds. The van der Waals surface area contributed by atoms with Crippen molar-refractivity contribution in [3.63, 3.8) is 0 Å². The molecule has 4 nitrogen and oxygen atoms in total. The fraction of sp³-hybridized carbons (Fsp3) is 0.300. The largest absolute Gasteiger partial charge is 0.465 e. The van der Waals surface area contributed by atoms with Crippen molar-refractivity contribution < 1.29 is 14.3 Å². The molecule has 0 bridgehead atoms. The second kappa shape index (κ2) is 9.28. The van der Waals surface area contributed by atoms with Crippen LogP contribution in [0.25, 0.3) is 0 Å². The normalized spacial score (nSPS) is 10.4. The van der Waals surface area contributed by atoms with E-state index in [1.165, 1.54) is 23.8 Å². The summed E-state index contributed by atoms with van der Waals surface area (Å²) in [7, 11) is 1.35. The predicted octanol–water partition coefficient (Wildman–Crippen LogP) is 3.64. The Kier molecular flexibility index (Phi) is 7.07.